The number of benzene rings is 2. The van der Waals surface area contributed by atoms with Crippen LogP contribution in [0.5, 0.6) is 0 Å². The van der Waals surface area contributed by atoms with Gasteiger partial charge in [-0.15, -0.1) is 11.8 Å². The molecule has 5 heteroatoms. The highest BCUT2D eigenvalue weighted by Gasteiger charge is 2.37. The number of ether oxygens (including phenoxy) is 1. The number of esters is 1. The van der Waals surface area contributed by atoms with E-state index in [1.165, 1.54) is 7.11 Å². The van der Waals surface area contributed by atoms with Crippen molar-refractivity contribution in [2.24, 2.45) is 0 Å². The van der Waals surface area contributed by atoms with Gasteiger partial charge in [-0.2, -0.15) is 0 Å². The predicted molar refractivity (Wildman–Crippen MR) is 110 cm³/mol. The van der Waals surface area contributed by atoms with Crippen LogP contribution in [0.25, 0.3) is 6.08 Å². The van der Waals surface area contributed by atoms with E-state index in [2.05, 4.69) is 0 Å². The van der Waals surface area contributed by atoms with Gasteiger partial charge in [0.1, 0.15) is 0 Å². The topological polar surface area (TPSA) is 46.6 Å². The molecule has 138 valence electrons. The third kappa shape index (κ3) is 3.69. The second kappa shape index (κ2) is 7.84. The summed E-state index contributed by atoms with van der Waals surface area (Å²) in [6, 6.07) is 15.5. The summed E-state index contributed by atoms with van der Waals surface area (Å²) in [5.74, 6) is -0.741. The first-order valence-electron chi connectivity index (χ1n) is 8.52. The molecule has 0 fully saturated rings. The van der Waals surface area contributed by atoms with E-state index >= 15 is 0 Å². The van der Waals surface area contributed by atoms with Crippen molar-refractivity contribution in [3.05, 3.63) is 76.5 Å². The van der Waals surface area contributed by atoms with E-state index in [-0.39, 0.29) is 5.91 Å². The van der Waals surface area contributed by atoms with Crippen LogP contribution in [0.1, 0.15) is 18.1 Å². The van der Waals surface area contributed by atoms with E-state index in [0.29, 0.717) is 16.8 Å². The summed E-state index contributed by atoms with van der Waals surface area (Å²) in [6.07, 6.45) is 3.73. The molecule has 1 heterocycles. The summed E-state index contributed by atoms with van der Waals surface area (Å²) >= 11 is 1.60. The number of anilines is 1. The lowest BCUT2D eigenvalue weighted by atomic mass is 10.0. The summed E-state index contributed by atoms with van der Waals surface area (Å²) < 4.78 is 4.95. The maximum absolute atomic E-state index is 13.2. The summed E-state index contributed by atoms with van der Waals surface area (Å²) in [6.45, 7) is 3.77. The molecule has 1 aliphatic heterocycles. The second-order valence-electron chi connectivity index (χ2n) is 6.26. The number of nitrogens with zero attached hydrogens (tertiary/aromatic N) is 1. The first-order valence-corrected chi connectivity index (χ1v) is 9.75. The normalized spacial score (nSPS) is 15.6. The van der Waals surface area contributed by atoms with Crippen molar-refractivity contribution < 1.29 is 14.3 Å². The number of rotatable bonds is 4. The largest absolute Gasteiger partial charge is 0.465 e. The number of thioether (sulfide) groups is 1. The van der Waals surface area contributed by atoms with E-state index in [0.717, 1.165) is 21.7 Å². The maximum atomic E-state index is 13.2. The van der Waals surface area contributed by atoms with Gasteiger partial charge < -0.3 is 4.74 Å². The molecule has 2 aromatic carbocycles. The molecule has 2 aromatic rings. The van der Waals surface area contributed by atoms with E-state index in [4.69, 9.17) is 4.74 Å². The molecule has 0 N–H and O–H groups in total. The van der Waals surface area contributed by atoms with Crippen molar-refractivity contribution in [1.82, 2.24) is 0 Å². The highest BCUT2D eigenvalue weighted by Crippen LogP contribution is 2.36. The van der Waals surface area contributed by atoms with Crippen molar-refractivity contribution in [3.63, 3.8) is 0 Å². The van der Waals surface area contributed by atoms with Crippen LogP contribution in [0.3, 0.4) is 0 Å². The van der Waals surface area contributed by atoms with Gasteiger partial charge in [0.25, 0.3) is 5.91 Å². The summed E-state index contributed by atoms with van der Waals surface area (Å²) in [5.41, 5.74) is 3.94. The highest BCUT2D eigenvalue weighted by atomic mass is 32.2. The third-order valence-corrected chi connectivity index (χ3v) is 5.21. The van der Waals surface area contributed by atoms with Crippen LogP contribution in [0.15, 0.2) is 70.3 Å². The van der Waals surface area contributed by atoms with Crippen LogP contribution < -0.4 is 4.90 Å². The van der Waals surface area contributed by atoms with Crippen LogP contribution in [-0.4, -0.2) is 25.2 Å². The molecule has 27 heavy (non-hydrogen) atoms. The number of aryl methyl sites for hydroxylation is 1. The van der Waals surface area contributed by atoms with E-state index in [9.17, 15) is 9.59 Å². The van der Waals surface area contributed by atoms with E-state index in [1.807, 2.05) is 61.7 Å². The van der Waals surface area contributed by atoms with Crippen LogP contribution in [-0.2, 0) is 14.3 Å². The van der Waals surface area contributed by atoms with Gasteiger partial charge in [0.15, 0.2) is 0 Å². The number of hydrogen-bond acceptors (Lipinski definition) is 4. The number of allylic oxidation sites excluding steroid dienone is 1. The summed E-state index contributed by atoms with van der Waals surface area (Å²) in [5, 5.41) is 0. The van der Waals surface area contributed by atoms with Gasteiger partial charge in [-0.1, -0.05) is 35.9 Å². The second-order valence-corrected chi connectivity index (χ2v) is 7.14. The Bertz CT molecular complexity index is 958. The molecule has 0 unspecified atom stereocenters. The number of hydrogen-bond donors (Lipinski definition) is 0. The molecular weight excluding hydrogens is 358 g/mol. The van der Waals surface area contributed by atoms with Crippen LogP contribution in [0, 0.1) is 6.92 Å². The van der Waals surface area contributed by atoms with Crippen molar-refractivity contribution in [2.75, 3.05) is 18.3 Å². The van der Waals surface area contributed by atoms with Gasteiger partial charge in [-0.05, 0) is 49.9 Å². The molecule has 0 saturated carbocycles. The molecule has 0 bridgehead atoms. The van der Waals surface area contributed by atoms with Gasteiger partial charge in [-0.3, -0.25) is 9.69 Å². The van der Waals surface area contributed by atoms with Crippen molar-refractivity contribution >= 4 is 35.4 Å². The summed E-state index contributed by atoms with van der Waals surface area (Å²) in [7, 11) is 1.33. The Morgan fingerprint density at radius 1 is 1.11 bits per heavy atom. The zero-order chi connectivity index (χ0) is 19.6. The Hall–Kier alpha value is -2.79. The van der Waals surface area contributed by atoms with Crippen molar-refractivity contribution in [3.8, 4) is 0 Å². The molecule has 1 aliphatic rings. The van der Waals surface area contributed by atoms with Gasteiger partial charge in [-0.25, -0.2) is 4.79 Å². The lowest BCUT2D eigenvalue weighted by molar-refractivity contribution is -0.136. The highest BCUT2D eigenvalue weighted by molar-refractivity contribution is 7.98. The quantitative estimate of drug-likeness (QED) is 0.443. The Balaban J connectivity index is 2.12. The molecule has 0 aliphatic carbocycles. The SMILES string of the molecule is COC(=O)C1=C(C)N(c2cccc(SC)c2)C(=O)/C1=C\c1ccc(C)cc1. The standard InChI is InChI=1S/C22H21NO3S/c1-14-8-10-16(11-9-14)12-19-20(22(25)26-3)15(2)23(21(19)24)17-6-5-7-18(13-17)27-4/h5-13H,1-4H3/b19-12-. The minimum atomic E-state index is -0.511. The molecule has 3 rings (SSSR count). The van der Waals surface area contributed by atoms with Crippen molar-refractivity contribution in [1.29, 1.82) is 0 Å². The first-order chi connectivity index (χ1) is 13.0. The van der Waals surface area contributed by atoms with Crippen LogP contribution >= 0.6 is 11.8 Å². The fourth-order valence-electron chi connectivity index (χ4n) is 3.07. The Kier molecular flexibility index (Phi) is 5.51. The molecule has 0 atom stereocenters. The van der Waals surface area contributed by atoms with E-state index in [1.54, 1.807) is 29.7 Å². The van der Waals surface area contributed by atoms with Gasteiger partial charge in [0.2, 0.25) is 0 Å². The maximum Gasteiger partial charge on any atom is 0.340 e. The molecule has 4 nitrogen and oxygen atoms in total. The predicted octanol–water partition coefficient (Wildman–Crippen LogP) is 4.59. The number of methoxy groups -OCH3 is 1. The summed E-state index contributed by atoms with van der Waals surface area (Å²) in [4.78, 5) is 28.3. The Morgan fingerprint density at radius 3 is 2.44 bits per heavy atom. The number of carbonyl (C=O) groups excluding carboxylic acids is 2. The van der Waals surface area contributed by atoms with Gasteiger partial charge in [0, 0.05) is 10.6 Å². The molecule has 0 spiro atoms. The monoisotopic (exact) mass is 379 g/mol. The van der Waals surface area contributed by atoms with E-state index < -0.39 is 5.97 Å². The number of amides is 1. The lowest BCUT2D eigenvalue weighted by Crippen LogP contribution is -2.24. The third-order valence-electron chi connectivity index (χ3n) is 4.49. The molecule has 1 amide bonds. The minimum Gasteiger partial charge on any atom is -0.465 e. The zero-order valence-corrected chi connectivity index (χ0v) is 16.6. The lowest BCUT2D eigenvalue weighted by Gasteiger charge is -2.18. The fourth-order valence-corrected chi connectivity index (χ4v) is 3.52. The molecule has 0 saturated heterocycles. The molecular formula is C22H21NO3S. The van der Waals surface area contributed by atoms with Crippen LogP contribution in [0.2, 0.25) is 0 Å². The molecule has 0 aromatic heterocycles. The average Bonchev–Trinajstić information content (AvgIpc) is 2.92. The molecule has 0 radical (unpaired) electrons. The fraction of sp³-hybridized carbons (Fsp3) is 0.182. The van der Waals surface area contributed by atoms with Gasteiger partial charge in [0.05, 0.1) is 23.9 Å². The average molecular weight is 379 g/mol. The minimum absolute atomic E-state index is 0.230. The van der Waals surface area contributed by atoms with Gasteiger partial charge >= 0.3 is 5.97 Å². The smallest absolute Gasteiger partial charge is 0.340 e. The zero-order valence-electron chi connectivity index (χ0n) is 15.8. The Morgan fingerprint density at radius 2 is 1.81 bits per heavy atom. The number of carbonyl (C=O) groups is 2. The van der Waals surface area contributed by atoms with Crippen LogP contribution in [0.4, 0.5) is 5.69 Å². The first kappa shape index (κ1) is 19.0. The van der Waals surface area contributed by atoms with Crippen molar-refractivity contribution in [2.45, 2.75) is 18.7 Å². The Labute approximate surface area is 163 Å².